The molecule has 0 saturated heterocycles. The number of hydrogen-bond acceptors (Lipinski definition) is 2. The molecule has 0 spiro atoms. The fraction of sp³-hybridized carbons (Fsp3) is 0.238. The third-order valence-corrected chi connectivity index (χ3v) is 5.11. The Morgan fingerprint density at radius 1 is 1.07 bits per heavy atom. The van der Waals surface area contributed by atoms with Gasteiger partial charge in [-0.3, -0.25) is 9.48 Å². The fourth-order valence-corrected chi connectivity index (χ4v) is 3.61. The van der Waals surface area contributed by atoms with Gasteiger partial charge in [0.2, 0.25) is 5.91 Å². The minimum absolute atomic E-state index is 0.0796. The first kappa shape index (κ1) is 19.5. The highest BCUT2D eigenvalue weighted by Gasteiger charge is 2.42. The molecule has 0 unspecified atom stereocenters. The van der Waals surface area contributed by atoms with Crippen molar-refractivity contribution in [3.63, 3.8) is 0 Å². The lowest BCUT2D eigenvalue weighted by Crippen LogP contribution is -2.21. The van der Waals surface area contributed by atoms with Crippen LogP contribution in [0.5, 0.6) is 0 Å². The van der Waals surface area contributed by atoms with E-state index < -0.39 is 22.8 Å². The van der Waals surface area contributed by atoms with Crippen LogP contribution in [0.1, 0.15) is 30.1 Å². The Bertz CT molecular complexity index is 1030. The molecule has 1 N–H and O–H groups in total. The largest absolute Gasteiger partial charge is 0.436 e. The number of halogens is 4. The summed E-state index contributed by atoms with van der Waals surface area (Å²) in [6.45, 7) is -0.331. The average molecular weight is 420 g/mol. The van der Waals surface area contributed by atoms with Crippen molar-refractivity contribution in [2.75, 3.05) is 5.32 Å². The molecule has 29 heavy (non-hydrogen) atoms. The molecule has 3 aromatic rings. The monoisotopic (exact) mass is 419 g/mol. The standard InChI is InChI=1S/C21H17ClF3N3O/c22-18-19(15-6-7-15)28(27-20(18)21(23,24)25)12-17(29)26-16-10-8-14(9-11-16)13-4-2-1-3-5-13/h1-5,8-11,15H,6-7,12H2,(H,26,29). The number of aromatic nitrogens is 2. The number of benzene rings is 2. The van der Waals surface area contributed by atoms with Crippen molar-refractivity contribution >= 4 is 23.2 Å². The Morgan fingerprint density at radius 3 is 2.28 bits per heavy atom. The number of hydrogen-bond donors (Lipinski definition) is 1. The lowest BCUT2D eigenvalue weighted by Gasteiger charge is -2.09. The molecule has 150 valence electrons. The van der Waals surface area contributed by atoms with Crippen LogP contribution < -0.4 is 5.32 Å². The molecule has 4 rings (SSSR count). The zero-order chi connectivity index (χ0) is 20.6. The van der Waals surface area contributed by atoms with Gasteiger partial charge < -0.3 is 5.32 Å². The highest BCUT2D eigenvalue weighted by atomic mass is 35.5. The summed E-state index contributed by atoms with van der Waals surface area (Å²) in [6.07, 6.45) is -3.17. The summed E-state index contributed by atoms with van der Waals surface area (Å²) >= 11 is 5.93. The average Bonchev–Trinajstić information content (AvgIpc) is 3.46. The molecule has 0 aliphatic heterocycles. The van der Waals surface area contributed by atoms with E-state index in [1.807, 2.05) is 42.5 Å². The van der Waals surface area contributed by atoms with Crippen LogP contribution in [0.25, 0.3) is 11.1 Å². The van der Waals surface area contributed by atoms with Crippen molar-refractivity contribution in [2.45, 2.75) is 31.5 Å². The number of alkyl halides is 3. The molecule has 0 atom stereocenters. The number of carbonyl (C=O) groups is 1. The molecule has 0 bridgehead atoms. The van der Waals surface area contributed by atoms with E-state index >= 15 is 0 Å². The number of rotatable bonds is 5. The summed E-state index contributed by atoms with van der Waals surface area (Å²) in [5.41, 5.74) is 1.74. The Kier molecular flexibility index (Phi) is 5.08. The molecule has 1 aromatic heterocycles. The van der Waals surface area contributed by atoms with Crippen LogP contribution in [-0.4, -0.2) is 15.7 Å². The van der Waals surface area contributed by atoms with Crippen LogP contribution >= 0.6 is 11.6 Å². The maximum absolute atomic E-state index is 13.1. The summed E-state index contributed by atoms with van der Waals surface area (Å²) in [6, 6.07) is 17.0. The lowest BCUT2D eigenvalue weighted by atomic mass is 10.1. The third-order valence-electron chi connectivity index (χ3n) is 4.73. The number of anilines is 1. The number of nitrogens with zero attached hydrogens (tertiary/aromatic N) is 2. The van der Waals surface area contributed by atoms with E-state index in [4.69, 9.17) is 11.6 Å². The van der Waals surface area contributed by atoms with Crippen LogP contribution in [0.15, 0.2) is 54.6 Å². The van der Waals surface area contributed by atoms with Crippen LogP contribution in [0.2, 0.25) is 5.02 Å². The Balaban J connectivity index is 1.49. The van der Waals surface area contributed by atoms with Crippen LogP contribution in [-0.2, 0) is 17.5 Å². The number of carbonyl (C=O) groups excluding carboxylic acids is 1. The molecule has 1 heterocycles. The van der Waals surface area contributed by atoms with Crippen LogP contribution in [0.4, 0.5) is 18.9 Å². The normalized spacial score (nSPS) is 14.1. The molecular weight excluding hydrogens is 403 g/mol. The van der Waals surface area contributed by atoms with E-state index in [1.165, 1.54) is 0 Å². The molecule has 1 fully saturated rings. The summed E-state index contributed by atoms with van der Waals surface area (Å²) in [5.74, 6) is -0.545. The molecule has 1 aliphatic rings. The summed E-state index contributed by atoms with van der Waals surface area (Å²) < 4.78 is 40.5. The number of nitrogens with one attached hydrogen (secondary N) is 1. The first-order valence-electron chi connectivity index (χ1n) is 9.11. The smallest absolute Gasteiger partial charge is 0.324 e. The maximum atomic E-state index is 13.1. The fourth-order valence-electron chi connectivity index (χ4n) is 3.21. The zero-order valence-electron chi connectivity index (χ0n) is 15.2. The summed E-state index contributed by atoms with van der Waals surface area (Å²) in [7, 11) is 0. The summed E-state index contributed by atoms with van der Waals surface area (Å²) in [4.78, 5) is 12.4. The summed E-state index contributed by atoms with van der Waals surface area (Å²) in [5, 5.41) is 5.87. The van der Waals surface area contributed by atoms with E-state index in [1.54, 1.807) is 12.1 Å². The molecule has 0 radical (unpaired) electrons. The Labute approximate surface area is 170 Å². The van der Waals surface area contributed by atoms with Gasteiger partial charge in [0.25, 0.3) is 0 Å². The number of amides is 1. The second kappa shape index (κ2) is 7.55. The SMILES string of the molecule is O=C(Cn1nc(C(F)(F)F)c(Cl)c1C1CC1)Nc1ccc(-c2ccccc2)cc1. The molecular formula is C21H17ClF3N3O. The minimum atomic E-state index is -4.66. The first-order chi connectivity index (χ1) is 13.8. The highest BCUT2D eigenvalue weighted by Crippen LogP contribution is 2.46. The molecule has 1 aliphatic carbocycles. The lowest BCUT2D eigenvalue weighted by molar-refractivity contribution is -0.141. The quantitative estimate of drug-likeness (QED) is 0.573. The van der Waals surface area contributed by atoms with Crippen molar-refractivity contribution in [2.24, 2.45) is 0 Å². The highest BCUT2D eigenvalue weighted by molar-refractivity contribution is 6.32. The van der Waals surface area contributed by atoms with Gasteiger partial charge in [-0.05, 0) is 36.1 Å². The molecule has 4 nitrogen and oxygen atoms in total. The van der Waals surface area contributed by atoms with Gasteiger partial charge in [-0.25, -0.2) is 0 Å². The van der Waals surface area contributed by atoms with Crippen LogP contribution in [0.3, 0.4) is 0 Å². The van der Waals surface area contributed by atoms with Gasteiger partial charge in [0, 0.05) is 11.6 Å². The van der Waals surface area contributed by atoms with E-state index in [0.29, 0.717) is 5.69 Å². The van der Waals surface area contributed by atoms with E-state index in [9.17, 15) is 18.0 Å². The van der Waals surface area contributed by atoms with E-state index in [0.717, 1.165) is 28.7 Å². The predicted molar refractivity (Wildman–Crippen MR) is 105 cm³/mol. The van der Waals surface area contributed by atoms with Gasteiger partial charge >= 0.3 is 6.18 Å². The third kappa shape index (κ3) is 4.29. The van der Waals surface area contributed by atoms with Crippen molar-refractivity contribution in [3.05, 3.63) is 71.0 Å². The molecule has 2 aromatic carbocycles. The van der Waals surface area contributed by atoms with E-state index in [-0.39, 0.29) is 18.2 Å². The second-order valence-corrected chi connectivity index (χ2v) is 7.35. The van der Waals surface area contributed by atoms with Crippen molar-refractivity contribution < 1.29 is 18.0 Å². The van der Waals surface area contributed by atoms with Gasteiger partial charge in [-0.1, -0.05) is 54.1 Å². The van der Waals surface area contributed by atoms with Gasteiger partial charge in [-0.15, -0.1) is 0 Å². The first-order valence-corrected chi connectivity index (χ1v) is 9.49. The van der Waals surface area contributed by atoms with Gasteiger partial charge in [0.1, 0.15) is 6.54 Å². The molecule has 1 amide bonds. The van der Waals surface area contributed by atoms with Gasteiger partial charge in [0.15, 0.2) is 5.69 Å². The Hall–Kier alpha value is -2.80. The molecule has 8 heteroatoms. The van der Waals surface area contributed by atoms with Gasteiger partial charge in [0.05, 0.1) is 10.7 Å². The molecule has 1 saturated carbocycles. The van der Waals surface area contributed by atoms with Crippen LogP contribution in [0, 0.1) is 0 Å². The zero-order valence-corrected chi connectivity index (χ0v) is 16.0. The van der Waals surface area contributed by atoms with Gasteiger partial charge in [-0.2, -0.15) is 18.3 Å². The van der Waals surface area contributed by atoms with Crippen molar-refractivity contribution in [3.8, 4) is 11.1 Å². The van der Waals surface area contributed by atoms with Crippen molar-refractivity contribution in [1.82, 2.24) is 9.78 Å². The predicted octanol–water partition coefficient (Wildman–Crippen LogP) is 5.74. The second-order valence-electron chi connectivity index (χ2n) is 6.97. The minimum Gasteiger partial charge on any atom is -0.324 e. The topological polar surface area (TPSA) is 46.9 Å². The maximum Gasteiger partial charge on any atom is 0.436 e. The Morgan fingerprint density at radius 2 is 1.69 bits per heavy atom. The van der Waals surface area contributed by atoms with E-state index in [2.05, 4.69) is 10.4 Å². The van der Waals surface area contributed by atoms with Crippen molar-refractivity contribution in [1.29, 1.82) is 0 Å².